The molecule has 0 spiro atoms. The normalized spacial score (nSPS) is 17.5. The van der Waals surface area contributed by atoms with E-state index in [2.05, 4.69) is 10.3 Å². The van der Waals surface area contributed by atoms with Crippen molar-refractivity contribution in [1.82, 2.24) is 19.9 Å². The van der Waals surface area contributed by atoms with Gasteiger partial charge in [-0.25, -0.2) is 9.37 Å². The number of nitrogens with zero attached hydrogens (tertiary/aromatic N) is 4. The van der Waals surface area contributed by atoms with E-state index in [1.807, 2.05) is 6.07 Å². The molecule has 0 radical (unpaired) electrons. The van der Waals surface area contributed by atoms with Crippen LogP contribution in [0.3, 0.4) is 0 Å². The van der Waals surface area contributed by atoms with Gasteiger partial charge >= 0.3 is 6.18 Å². The number of hydrogen-bond donors (Lipinski definition) is 1. The molecule has 0 bridgehead atoms. The number of aromatic nitrogens is 3. The van der Waals surface area contributed by atoms with E-state index in [-0.39, 0.29) is 46.7 Å². The molecule has 1 N–H and O–H groups in total. The number of nitriles is 1. The van der Waals surface area contributed by atoms with E-state index in [1.54, 1.807) is 31.3 Å². The maximum atomic E-state index is 14.7. The van der Waals surface area contributed by atoms with Crippen molar-refractivity contribution in [2.24, 2.45) is 5.92 Å². The van der Waals surface area contributed by atoms with Gasteiger partial charge in [0.1, 0.15) is 5.82 Å². The molecule has 1 aliphatic rings. The zero-order valence-corrected chi connectivity index (χ0v) is 20.3. The van der Waals surface area contributed by atoms with Crippen LogP contribution in [0.1, 0.15) is 29.5 Å². The van der Waals surface area contributed by atoms with Gasteiger partial charge in [-0.3, -0.25) is 14.3 Å². The van der Waals surface area contributed by atoms with Gasteiger partial charge in [-0.15, -0.1) is 0 Å². The standard InChI is InChI=1S/C27H21F4N5O2/c1-14-3-4-16(12-33-14)19-7-15(11-32)8-20-24(19)35-25(22-9-17(13-34-22)27(29,30)31)36(26(20)37)18-5-6-23(38-2)21(28)10-18/h3-8,10,12,17,22,34H,9,13H2,1-2H3. The molecule has 2 atom stereocenters. The minimum Gasteiger partial charge on any atom is -0.494 e. The van der Waals surface area contributed by atoms with E-state index in [9.17, 15) is 27.6 Å². The number of aryl methyl sites for hydroxylation is 1. The van der Waals surface area contributed by atoms with Crippen molar-refractivity contribution in [2.45, 2.75) is 25.6 Å². The summed E-state index contributed by atoms with van der Waals surface area (Å²) >= 11 is 0. The van der Waals surface area contributed by atoms with E-state index in [0.717, 1.165) is 16.3 Å². The molecule has 0 amide bonds. The molecule has 2 unspecified atom stereocenters. The molecule has 11 heteroatoms. The van der Waals surface area contributed by atoms with Gasteiger partial charge in [0.2, 0.25) is 0 Å². The Kier molecular flexibility index (Phi) is 6.36. The van der Waals surface area contributed by atoms with Crippen LogP contribution in [0, 0.1) is 30.0 Å². The van der Waals surface area contributed by atoms with Gasteiger partial charge in [0.15, 0.2) is 11.6 Å². The van der Waals surface area contributed by atoms with Gasteiger partial charge in [-0.1, -0.05) is 6.07 Å². The molecule has 7 nitrogen and oxygen atoms in total. The van der Waals surface area contributed by atoms with Crippen LogP contribution in [0.25, 0.3) is 27.7 Å². The maximum Gasteiger partial charge on any atom is 0.393 e. The number of fused-ring (bicyclic) bond motifs is 1. The molecular weight excluding hydrogens is 502 g/mol. The van der Waals surface area contributed by atoms with Crippen molar-refractivity contribution < 1.29 is 22.3 Å². The minimum absolute atomic E-state index is 0.00449. The quantitative estimate of drug-likeness (QED) is 0.379. The lowest BCUT2D eigenvalue weighted by atomic mass is 9.99. The summed E-state index contributed by atoms with van der Waals surface area (Å²) in [5.74, 6) is -2.45. The summed E-state index contributed by atoms with van der Waals surface area (Å²) in [5, 5.41) is 12.5. The van der Waals surface area contributed by atoms with Crippen LogP contribution in [0.5, 0.6) is 5.75 Å². The Bertz CT molecular complexity index is 1640. The second-order valence-corrected chi connectivity index (χ2v) is 9.08. The van der Waals surface area contributed by atoms with Crippen molar-refractivity contribution in [3.8, 4) is 28.6 Å². The fourth-order valence-electron chi connectivity index (χ4n) is 4.68. The van der Waals surface area contributed by atoms with Crippen LogP contribution < -0.4 is 15.6 Å². The van der Waals surface area contributed by atoms with Gasteiger partial charge in [0.05, 0.1) is 47.3 Å². The average molecular weight is 523 g/mol. The Labute approximate surface area is 214 Å². The first-order chi connectivity index (χ1) is 18.1. The molecule has 0 saturated carbocycles. The zero-order chi connectivity index (χ0) is 27.2. The van der Waals surface area contributed by atoms with E-state index in [4.69, 9.17) is 9.72 Å². The van der Waals surface area contributed by atoms with Gasteiger partial charge in [-0.2, -0.15) is 18.4 Å². The predicted octanol–water partition coefficient (Wildman–Crippen LogP) is 4.99. The second-order valence-electron chi connectivity index (χ2n) is 9.08. The smallest absolute Gasteiger partial charge is 0.393 e. The molecule has 38 heavy (non-hydrogen) atoms. The monoisotopic (exact) mass is 523 g/mol. The third-order valence-electron chi connectivity index (χ3n) is 6.65. The molecule has 4 aromatic rings. The van der Waals surface area contributed by atoms with Crippen LogP contribution in [0.15, 0.2) is 53.5 Å². The lowest BCUT2D eigenvalue weighted by molar-refractivity contribution is -0.169. The summed E-state index contributed by atoms with van der Waals surface area (Å²) in [6.45, 7) is 1.46. The SMILES string of the molecule is COc1ccc(-n2c(C3CC(C(F)(F)F)CN3)nc3c(-c4ccc(C)nc4)cc(C#N)cc3c2=O)cc1F. The lowest BCUT2D eigenvalue weighted by Crippen LogP contribution is -2.29. The topological polar surface area (TPSA) is 92.8 Å². The van der Waals surface area contributed by atoms with Crippen molar-refractivity contribution in [3.63, 3.8) is 0 Å². The number of halogens is 4. The van der Waals surface area contributed by atoms with E-state index in [0.29, 0.717) is 11.1 Å². The summed E-state index contributed by atoms with van der Waals surface area (Å²) in [7, 11) is 1.29. The Morgan fingerprint density at radius 1 is 1.18 bits per heavy atom. The third kappa shape index (κ3) is 4.48. The van der Waals surface area contributed by atoms with Crippen molar-refractivity contribution in [2.75, 3.05) is 13.7 Å². The highest BCUT2D eigenvalue weighted by Gasteiger charge is 2.45. The predicted molar refractivity (Wildman–Crippen MR) is 131 cm³/mol. The summed E-state index contributed by atoms with van der Waals surface area (Å²) < 4.78 is 61.3. The number of ether oxygens (including phenoxy) is 1. The number of benzene rings is 2. The maximum absolute atomic E-state index is 14.7. The Balaban J connectivity index is 1.82. The highest BCUT2D eigenvalue weighted by molar-refractivity contribution is 5.94. The van der Waals surface area contributed by atoms with E-state index >= 15 is 0 Å². The second kappa shape index (κ2) is 9.54. The molecule has 1 saturated heterocycles. The number of nitrogens with one attached hydrogen (secondary N) is 1. The van der Waals surface area contributed by atoms with Crippen molar-refractivity contribution in [3.05, 3.63) is 81.9 Å². The number of methoxy groups -OCH3 is 1. The van der Waals surface area contributed by atoms with Gasteiger partial charge in [0, 0.05) is 35.6 Å². The highest BCUT2D eigenvalue weighted by atomic mass is 19.4. The molecule has 194 valence electrons. The Morgan fingerprint density at radius 2 is 1.97 bits per heavy atom. The van der Waals surface area contributed by atoms with Crippen LogP contribution in [0.4, 0.5) is 17.6 Å². The zero-order valence-electron chi connectivity index (χ0n) is 20.3. The summed E-state index contributed by atoms with van der Waals surface area (Å²) in [4.78, 5) is 22.9. The first-order valence-corrected chi connectivity index (χ1v) is 11.7. The largest absolute Gasteiger partial charge is 0.494 e. The third-order valence-corrected chi connectivity index (χ3v) is 6.65. The number of pyridine rings is 1. The Morgan fingerprint density at radius 3 is 2.58 bits per heavy atom. The number of rotatable bonds is 4. The summed E-state index contributed by atoms with van der Waals surface area (Å²) in [6.07, 6.45) is -3.21. The number of hydrogen-bond acceptors (Lipinski definition) is 6. The first kappa shape index (κ1) is 25.4. The van der Waals surface area contributed by atoms with Crippen LogP contribution in [-0.2, 0) is 0 Å². The fourth-order valence-corrected chi connectivity index (χ4v) is 4.68. The minimum atomic E-state index is -4.43. The molecule has 2 aromatic heterocycles. The van der Waals surface area contributed by atoms with Crippen molar-refractivity contribution >= 4 is 10.9 Å². The molecule has 2 aromatic carbocycles. The highest BCUT2D eigenvalue weighted by Crippen LogP contribution is 2.38. The molecule has 3 heterocycles. The summed E-state index contributed by atoms with van der Waals surface area (Å²) in [5.41, 5.74) is 1.57. The lowest BCUT2D eigenvalue weighted by Gasteiger charge is -2.20. The van der Waals surface area contributed by atoms with Gasteiger partial charge in [0.25, 0.3) is 5.56 Å². The van der Waals surface area contributed by atoms with Crippen LogP contribution in [0.2, 0.25) is 0 Å². The van der Waals surface area contributed by atoms with Crippen molar-refractivity contribution in [1.29, 1.82) is 5.26 Å². The number of alkyl halides is 3. The van der Waals surface area contributed by atoms with Gasteiger partial charge in [-0.05, 0) is 43.7 Å². The molecule has 0 aliphatic carbocycles. The average Bonchev–Trinajstić information content (AvgIpc) is 3.40. The fraction of sp³-hybridized carbons (Fsp3) is 0.259. The van der Waals surface area contributed by atoms with E-state index in [1.165, 1.54) is 25.3 Å². The van der Waals surface area contributed by atoms with Crippen LogP contribution >= 0.6 is 0 Å². The first-order valence-electron chi connectivity index (χ1n) is 11.7. The Hall–Kier alpha value is -4.30. The summed E-state index contributed by atoms with van der Waals surface area (Å²) in [6, 6.07) is 11.4. The molecule has 1 fully saturated rings. The van der Waals surface area contributed by atoms with Crippen LogP contribution in [-0.4, -0.2) is 34.4 Å². The molecule has 1 aliphatic heterocycles. The molecule has 5 rings (SSSR count). The van der Waals surface area contributed by atoms with Gasteiger partial charge < -0.3 is 10.1 Å². The van der Waals surface area contributed by atoms with E-state index < -0.39 is 29.5 Å². The molecular formula is C27H21F4N5O2.